The van der Waals surface area contributed by atoms with E-state index < -0.39 is 17.5 Å². The highest BCUT2D eigenvalue weighted by molar-refractivity contribution is 6.07. The first-order chi connectivity index (χ1) is 7.35. The van der Waals surface area contributed by atoms with Gasteiger partial charge in [-0.3, -0.25) is 9.69 Å². The van der Waals surface area contributed by atoms with Crippen molar-refractivity contribution >= 4 is 11.6 Å². The lowest BCUT2D eigenvalue weighted by Crippen LogP contribution is -2.39. The second-order valence-corrected chi connectivity index (χ2v) is 4.54. The van der Waals surface area contributed by atoms with Crippen LogP contribution in [-0.4, -0.2) is 12.2 Å². The Balaban J connectivity index is 2.65. The molecule has 2 rings (SSSR count). The Kier molecular flexibility index (Phi) is 2.26. The van der Waals surface area contributed by atoms with E-state index in [1.807, 2.05) is 0 Å². The molecule has 0 aliphatic carbocycles. The second-order valence-electron chi connectivity index (χ2n) is 4.54. The number of amides is 1. The molecule has 86 valence electrons. The highest BCUT2D eigenvalue weighted by Crippen LogP contribution is 2.42. The standard InChI is InChI=1S/C12H13F2NO/c1-7(13)15-10-6-8(14)4-5-9(10)12(2,3)11(15)16/h4-7H,1-3H3. The van der Waals surface area contributed by atoms with Crippen molar-refractivity contribution in [2.75, 3.05) is 4.90 Å². The highest BCUT2D eigenvalue weighted by atomic mass is 19.1. The quantitative estimate of drug-likeness (QED) is 0.673. The van der Waals surface area contributed by atoms with Gasteiger partial charge in [0.1, 0.15) is 5.82 Å². The summed E-state index contributed by atoms with van der Waals surface area (Å²) in [4.78, 5) is 13.0. The average Bonchev–Trinajstić information content (AvgIpc) is 2.34. The van der Waals surface area contributed by atoms with Crippen LogP contribution in [0.4, 0.5) is 14.5 Å². The van der Waals surface area contributed by atoms with E-state index >= 15 is 0 Å². The minimum atomic E-state index is -1.45. The summed E-state index contributed by atoms with van der Waals surface area (Å²) < 4.78 is 26.5. The molecule has 4 heteroatoms. The van der Waals surface area contributed by atoms with E-state index in [0.29, 0.717) is 11.3 Å². The summed E-state index contributed by atoms with van der Waals surface area (Å²) >= 11 is 0. The van der Waals surface area contributed by atoms with Crippen LogP contribution in [0.15, 0.2) is 18.2 Å². The van der Waals surface area contributed by atoms with Crippen molar-refractivity contribution in [3.63, 3.8) is 0 Å². The van der Waals surface area contributed by atoms with Crippen molar-refractivity contribution in [2.45, 2.75) is 32.5 Å². The fourth-order valence-corrected chi connectivity index (χ4v) is 2.11. The van der Waals surface area contributed by atoms with Gasteiger partial charge in [0, 0.05) is 0 Å². The third-order valence-electron chi connectivity index (χ3n) is 3.00. The van der Waals surface area contributed by atoms with Gasteiger partial charge in [0.15, 0.2) is 6.30 Å². The topological polar surface area (TPSA) is 20.3 Å². The Labute approximate surface area is 92.9 Å². The Hall–Kier alpha value is -1.45. The molecule has 2 nitrogen and oxygen atoms in total. The van der Waals surface area contributed by atoms with Crippen LogP contribution < -0.4 is 4.90 Å². The number of carbonyl (C=O) groups is 1. The van der Waals surface area contributed by atoms with E-state index in [4.69, 9.17) is 0 Å². The summed E-state index contributed by atoms with van der Waals surface area (Å²) in [6, 6.07) is 4.04. The van der Waals surface area contributed by atoms with Crippen LogP contribution in [0.2, 0.25) is 0 Å². The van der Waals surface area contributed by atoms with Gasteiger partial charge in [0.2, 0.25) is 5.91 Å². The van der Waals surface area contributed by atoms with Crippen LogP contribution >= 0.6 is 0 Å². The zero-order valence-corrected chi connectivity index (χ0v) is 9.42. The number of halogens is 2. The summed E-state index contributed by atoms with van der Waals surface area (Å²) in [6.07, 6.45) is -1.45. The molecule has 1 amide bonds. The van der Waals surface area contributed by atoms with Crippen molar-refractivity contribution in [2.24, 2.45) is 0 Å². The van der Waals surface area contributed by atoms with Gasteiger partial charge in [0.25, 0.3) is 0 Å². The molecule has 1 atom stereocenters. The van der Waals surface area contributed by atoms with E-state index in [0.717, 1.165) is 4.90 Å². The van der Waals surface area contributed by atoms with Gasteiger partial charge in [-0.2, -0.15) is 0 Å². The third kappa shape index (κ3) is 1.32. The van der Waals surface area contributed by atoms with Crippen LogP contribution in [0.3, 0.4) is 0 Å². The molecule has 0 saturated heterocycles. The smallest absolute Gasteiger partial charge is 0.239 e. The number of fused-ring (bicyclic) bond motifs is 1. The summed E-state index contributed by atoms with van der Waals surface area (Å²) in [6.45, 7) is 4.71. The molecular weight excluding hydrogens is 212 g/mol. The van der Waals surface area contributed by atoms with Crippen molar-refractivity contribution in [3.05, 3.63) is 29.6 Å². The lowest BCUT2D eigenvalue weighted by Gasteiger charge is -2.21. The van der Waals surface area contributed by atoms with Crippen LogP contribution in [0.1, 0.15) is 26.3 Å². The molecule has 1 aliphatic rings. The summed E-state index contributed by atoms with van der Waals surface area (Å²) in [7, 11) is 0. The van der Waals surface area contributed by atoms with Gasteiger partial charge < -0.3 is 0 Å². The van der Waals surface area contributed by atoms with E-state index in [9.17, 15) is 13.6 Å². The number of hydrogen-bond donors (Lipinski definition) is 0. The van der Waals surface area contributed by atoms with Crippen LogP contribution in [0, 0.1) is 5.82 Å². The molecule has 0 saturated carbocycles. The molecule has 0 spiro atoms. The van der Waals surface area contributed by atoms with Gasteiger partial charge in [-0.25, -0.2) is 8.78 Å². The minimum absolute atomic E-state index is 0.330. The number of hydrogen-bond acceptors (Lipinski definition) is 1. The molecule has 0 fully saturated rings. The van der Waals surface area contributed by atoms with Crippen molar-refractivity contribution in [3.8, 4) is 0 Å². The molecule has 0 radical (unpaired) electrons. The Bertz CT molecular complexity index is 454. The molecule has 1 aromatic carbocycles. The van der Waals surface area contributed by atoms with Gasteiger partial charge in [-0.1, -0.05) is 6.07 Å². The number of carbonyl (C=O) groups excluding carboxylic acids is 1. The first-order valence-electron chi connectivity index (χ1n) is 5.13. The van der Waals surface area contributed by atoms with E-state index in [-0.39, 0.29) is 5.91 Å². The van der Waals surface area contributed by atoms with E-state index in [1.54, 1.807) is 19.9 Å². The Morgan fingerprint density at radius 2 is 2.00 bits per heavy atom. The SMILES string of the molecule is CC(F)N1C(=O)C(C)(C)c2ccc(F)cc21. The van der Waals surface area contributed by atoms with Gasteiger partial charge >= 0.3 is 0 Å². The Morgan fingerprint density at radius 3 is 2.56 bits per heavy atom. The Morgan fingerprint density at radius 1 is 1.38 bits per heavy atom. The molecule has 1 aromatic rings. The zero-order chi connectivity index (χ0) is 12.1. The molecule has 1 aliphatic heterocycles. The molecule has 0 bridgehead atoms. The zero-order valence-electron chi connectivity index (χ0n) is 9.42. The van der Waals surface area contributed by atoms with Gasteiger partial charge in [0.05, 0.1) is 11.1 Å². The van der Waals surface area contributed by atoms with Crippen molar-refractivity contribution in [1.29, 1.82) is 0 Å². The lowest BCUT2D eigenvalue weighted by molar-refractivity contribution is -0.123. The maximum Gasteiger partial charge on any atom is 0.239 e. The van der Waals surface area contributed by atoms with Crippen molar-refractivity contribution in [1.82, 2.24) is 0 Å². The first kappa shape index (κ1) is 11.0. The number of alkyl halides is 1. The highest BCUT2D eigenvalue weighted by Gasteiger charge is 2.45. The molecule has 1 heterocycles. The fraction of sp³-hybridized carbons (Fsp3) is 0.417. The molecule has 0 N–H and O–H groups in total. The van der Waals surface area contributed by atoms with Crippen LogP contribution in [0.5, 0.6) is 0 Å². The summed E-state index contributed by atoms with van der Waals surface area (Å²) in [5.41, 5.74) is 0.219. The third-order valence-corrected chi connectivity index (χ3v) is 3.00. The van der Waals surface area contributed by atoms with Crippen LogP contribution in [-0.2, 0) is 10.2 Å². The molecule has 1 unspecified atom stereocenters. The van der Waals surface area contributed by atoms with E-state index in [1.165, 1.54) is 19.1 Å². The summed E-state index contributed by atoms with van der Waals surface area (Å²) in [5.74, 6) is -0.794. The fourth-order valence-electron chi connectivity index (χ4n) is 2.11. The number of rotatable bonds is 1. The average molecular weight is 225 g/mol. The van der Waals surface area contributed by atoms with Gasteiger partial charge in [-0.05, 0) is 38.5 Å². The molecule has 16 heavy (non-hydrogen) atoms. The van der Waals surface area contributed by atoms with Gasteiger partial charge in [-0.15, -0.1) is 0 Å². The van der Waals surface area contributed by atoms with E-state index in [2.05, 4.69) is 0 Å². The maximum absolute atomic E-state index is 13.4. The largest absolute Gasteiger partial charge is 0.280 e. The monoisotopic (exact) mass is 225 g/mol. The molecule has 0 aromatic heterocycles. The minimum Gasteiger partial charge on any atom is -0.280 e. The molecular formula is C12H13F2NO. The number of benzene rings is 1. The van der Waals surface area contributed by atoms with Crippen molar-refractivity contribution < 1.29 is 13.6 Å². The normalized spacial score (nSPS) is 19.8. The van der Waals surface area contributed by atoms with Crippen LogP contribution in [0.25, 0.3) is 0 Å². The predicted molar refractivity (Wildman–Crippen MR) is 57.5 cm³/mol. The number of anilines is 1. The predicted octanol–water partition coefficient (Wildman–Crippen LogP) is 2.77. The maximum atomic E-state index is 13.4. The lowest BCUT2D eigenvalue weighted by atomic mass is 9.86. The second kappa shape index (κ2) is 3.27. The summed E-state index contributed by atoms with van der Waals surface area (Å²) in [5, 5.41) is 0. The first-order valence-corrected chi connectivity index (χ1v) is 5.13. The number of nitrogens with zero attached hydrogens (tertiary/aromatic N) is 1.